The molecule has 1 aromatic carbocycles. The summed E-state index contributed by atoms with van der Waals surface area (Å²) in [6.07, 6.45) is 4.07. The molecule has 0 spiro atoms. The van der Waals surface area contributed by atoms with Crippen molar-refractivity contribution >= 4 is 55.0 Å². The lowest BCUT2D eigenvalue weighted by molar-refractivity contribution is -0.593. The zero-order valence-electron chi connectivity index (χ0n) is 22.1. The summed E-state index contributed by atoms with van der Waals surface area (Å²) in [6.45, 7) is 1.21. The van der Waals surface area contributed by atoms with E-state index in [4.69, 9.17) is 16.3 Å². The summed E-state index contributed by atoms with van der Waals surface area (Å²) in [5.41, 5.74) is 0.793. The zero-order chi connectivity index (χ0) is 29.4. The van der Waals surface area contributed by atoms with E-state index in [0.717, 1.165) is 21.4 Å². The van der Waals surface area contributed by atoms with Crippen molar-refractivity contribution in [2.75, 3.05) is 39.3 Å². The third-order valence-corrected chi connectivity index (χ3v) is 10.9. The maximum absolute atomic E-state index is 13.7. The number of amides is 2. The van der Waals surface area contributed by atoms with Gasteiger partial charge in [0.05, 0.1) is 12.1 Å². The number of piperazine rings is 1. The molecule has 0 aliphatic carbocycles. The number of thiophene rings is 1. The number of hydrogen-bond donors (Lipinski definition) is 0. The molecule has 218 valence electrons. The Morgan fingerprint density at radius 3 is 2.69 bits per heavy atom. The van der Waals surface area contributed by atoms with E-state index in [0.29, 0.717) is 40.5 Å². The Bertz CT molecular complexity index is 1770. The van der Waals surface area contributed by atoms with Gasteiger partial charge in [0.15, 0.2) is 6.20 Å². The van der Waals surface area contributed by atoms with Crippen molar-refractivity contribution in [3.63, 3.8) is 0 Å². The molecule has 6 rings (SSSR count). The molecule has 0 bridgehead atoms. The molecule has 0 radical (unpaired) electrons. The van der Waals surface area contributed by atoms with Crippen LogP contribution in [0.2, 0.25) is 5.02 Å². The lowest BCUT2D eigenvalue weighted by Crippen LogP contribution is -2.57. The predicted molar refractivity (Wildman–Crippen MR) is 154 cm³/mol. The summed E-state index contributed by atoms with van der Waals surface area (Å²) in [4.78, 5) is 37.2. The lowest BCUT2D eigenvalue weighted by atomic mass is 10.1. The van der Waals surface area contributed by atoms with Gasteiger partial charge >= 0.3 is 6.09 Å². The molecule has 15 heteroatoms. The standard InChI is InChI=1S/C27H25ClN6O6S2/c28-20-5-4-18-13-24(41-23(18)14-20)42(38,39)32-9-10-33(21(17-32)6-8-31-11-12-40-27(31)36)26(35)25-29-15-19(16-30-25)22-3-1-2-7-34(22)37/h1-5,7,13-16,21H,6,8-12,17H2. The highest BCUT2D eigenvalue weighted by Crippen LogP contribution is 2.34. The number of sulfonamides is 1. The van der Waals surface area contributed by atoms with Crippen molar-refractivity contribution in [3.05, 3.63) is 77.1 Å². The molecule has 0 saturated carbocycles. The second-order valence-corrected chi connectivity index (χ2v) is 13.5. The molecule has 2 amide bonds. The number of aromatic nitrogens is 3. The van der Waals surface area contributed by atoms with Crippen LogP contribution in [0, 0.1) is 5.21 Å². The fourth-order valence-electron chi connectivity index (χ4n) is 5.08. The van der Waals surface area contributed by atoms with Crippen LogP contribution in [0.15, 0.2) is 65.3 Å². The molecule has 1 unspecified atom stereocenters. The van der Waals surface area contributed by atoms with Gasteiger partial charge < -0.3 is 19.7 Å². The highest BCUT2D eigenvalue weighted by Gasteiger charge is 2.38. The summed E-state index contributed by atoms with van der Waals surface area (Å²) in [6, 6.07) is 11.2. The van der Waals surface area contributed by atoms with Gasteiger partial charge in [0.25, 0.3) is 15.9 Å². The molecular weight excluding hydrogens is 604 g/mol. The third kappa shape index (κ3) is 5.50. The van der Waals surface area contributed by atoms with Crippen molar-refractivity contribution < 1.29 is 27.5 Å². The SMILES string of the molecule is O=C1OCCN1CCC1CN(S(=O)(=O)c2cc3ccc(Cl)cc3s2)CCN1C(=O)c1ncc(-c2cccc[n+]2[O-])cn1. The van der Waals surface area contributed by atoms with Crippen molar-refractivity contribution in [3.8, 4) is 11.3 Å². The average molecular weight is 629 g/mol. The number of rotatable bonds is 7. The van der Waals surface area contributed by atoms with Crippen LogP contribution in [0.1, 0.15) is 17.0 Å². The van der Waals surface area contributed by atoms with Gasteiger partial charge in [-0.2, -0.15) is 9.04 Å². The number of carbonyl (C=O) groups excluding carboxylic acids is 2. The lowest BCUT2D eigenvalue weighted by Gasteiger charge is -2.40. The number of fused-ring (bicyclic) bond motifs is 1. The minimum atomic E-state index is -3.87. The molecule has 4 aromatic rings. The Balaban J connectivity index is 1.24. The molecule has 2 fully saturated rings. The van der Waals surface area contributed by atoms with Gasteiger partial charge in [-0.25, -0.2) is 23.2 Å². The third-order valence-electron chi connectivity index (χ3n) is 7.30. The molecule has 2 saturated heterocycles. The van der Waals surface area contributed by atoms with Gasteiger partial charge in [-0.15, -0.1) is 11.3 Å². The van der Waals surface area contributed by atoms with Crippen LogP contribution in [0.3, 0.4) is 0 Å². The summed E-state index contributed by atoms with van der Waals surface area (Å²) >= 11 is 7.24. The minimum absolute atomic E-state index is 0.0320. The number of halogens is 1. The van der Waals surface area contributed by atoms with E-state index in [-0.39, 0.29) is 36.3 Å². The smallest absolute Gasteiger partial charge is 0.409 e. The molecular formula is C27H25ClN6O6S2. The van der Waals surface area contributed by atoms with Crippen LogP contribution in [0.5, 0.6) is 0 Å². The second kappa shape index (κ2) is 11.4. The van der Waals surface area contributed by atoms with Crippen LogP contribution < -0.4 is 4.73 Å². The van der Waals surface area contributed by atoms with Crippen molar-refractivity contribution in [1.29, 1.82) is 0 Å². The Hall–Kier alpha value is -3.85. The van der Waals surface area contributed by atoms with Crippen LogP contribution in [-0.2, 0) is 14.8 Å². The number of benzene rings is 1. The summed E-state index contributed by atoms with van der Waals surface area (Å²) in [7, 11) is -3.87. The van der Waals surface area contributed by atoms with Gasteiger partial charge in [-0.1, -0.05) is 17.7 Å². The number of ether oxygens (including phenoxy) is 1. The van der Waals surface area contributed by atoms with Gasteiger partial charge in [0.1, 0.15) is 10.8 Å². The monoisotopic (exact) mass is 628 g/mol. The van der Waals surface area contributed by atoms with E-state index in [2.05, 4.69) is 9.97 Å². The van der Waals surface area contributed by atoms with E-state index in [1.54, 1.807) is 47.4 Å². The Kier molecular flexibility index (Phi) is 7.70. The topological polar surface area (TPSA) is 140 Å². The van der Waals surface area contributed by atoms with Crippen LogP contribution in [0.4, 0.5) is 4.79 Å². The minimum Gasteiger partial charge on any atom is -0.618 e. The first-order valence-electron chi connectivity index (χ1n) is 13.1. The van der Waals surface area contributed by atoms with Gasteiger partial charge in [-0.3, -0.25) is 4.79 Å². The quantitative estimate of drug-likeness (QED) is 0.225. The number of pyridine rings is 1. The predicted octanol–water partition coefficient (Wildman–Crippen LogP) is 3.00. The van der Waals surface area contributed by atoms with Gasteiger partial charge in [0, 0.05) is 66.5 Å². The number of cyclic esters (lactones) is 1. The first-order valence-corrected chi connectivity index (χ1v) is 15.8. The number of carbonyl (C=O) groups is 2. The number of nitrogens with zero attached hydrogens (tertiary/aromatic N) is 6. The van der Waals surface area contributed by atoms with Crippen molar-refractivity contribution in [1.82, 2.24) is 24.1 Å². The Morgan fingerprint density at radius 1 is 1.14 bits per heavy atom. The largest absolute Gasteiger partial charge is 0.618 e. The van der Waals surface area contributed by atoms with E-state index in [9.17, 15) is 23.2 Å². The molecule has 3 aromatic heterocycles. The maximum Gasteiger partial charge on any atom is 0.409 e. The average Bonchev–Trinajstić information content (AvgIpc) is 3.61. The summed E-state index contributed by atoms with van der Waals surface area (Å²) in [5.74, 6) is -0.539. The van der Waals surface area contributed by atoms with E-state index in [1.807, 2.05) is 0 Å². The van der Waals surface area contributed by atoms with E-state index >= 15 is 0 Å². The van der Waals surface area contributed by atoms with Crippen LogP contribution >= 0.6 is 22.9 Å². The maximum atomic E-state index is 13.7. The molecule has 5 heterocycles. The Morgan fingerprint density at radius 2 is 1.95 bits per heavy atom. The zero-order valence-corrected chi connectivity index (χ0v) is 24.5. The van der Waals surface area contributed by atoms with Gasteiger partial charge in [-0.05, 0) is 36.1 Å². The number of hydrogen-bond acceptors (Lipinski definition) is 9. The Labute approximate surface area is 250 Å². The normalized spacial score (nSPS) is 18.0. The highest BCUT2D eigenvalue weighted by molar-refractivity contribution is 7.91. The summed E-state index contributed by atoms with van der Waals surface area (Å²) < 4.78 is 35.5. The van der Waals surface area contributed by atoms with E-state index in [1.165, 1.54) is 27.8 Å². The highest BCUT2D eigenvalue weighted by atomic mass is 35.5. The van der Waals surface area contributed by atoms with Crippen LogP contribution in [0.25, 0.3) is 21.3 Å². The molecule has 1 atom stereocenters. The summed E-state index contributed by atoms with van der Waals surface area (Å²) in [5, 5.41) is 13.4. The first-order chi connectivity index (χ1) is 20.2. The van der Waals surface area contributed by atoms with Crippen molar-refractivity contribution in [2.45, 2.75) is 16.7 Å². The molecule has 42 heavy (non-hydrogen) atoms. The fraction of sp³-hybridized carbons (Fsp3) is 0.296. The van der Waals surface area contributed by atoms with Crippen LogP contribution in [-0.4, -0.2) is 89.9 Å². The van der Waals surface area contributed by atoms with Crippen molar-refractivity contribution in [2.24, 2.45) is 0 Å². The molecule has 2 aliphatic rings. The van der Waals surface area contributed by atoms with E-state index < -0.39 is 28.1 Å². The first kappa shape index (κ1) is 28.3. The molecule has 2 aliphatic heterocycles. The molecule has 0 N–H and O–H groups in total. The molecule has 12 nitrogen and oxygen atoms in total. The van der Waals surface area contributed by atoms with Gasteiger partial charge in [0.2, 0.25) is 11.5 Å². The second-order valence-electron chi connectivity index (χ2n) is 9.86. The fourth-order valence-corrected chi connectivity index (χ4v) is 8.38.